The first kappa shape index (κ1) is 15.3. The Hall–Kier alpha value is -0.736. The summed E-state index contributed by atoms with van der Waals surface area (Å²) in [6.45, 7) is 2.09. The van der Waals surface area contributed by atoms with Crippen LogP contribution in [0.15, 0.2) is 41.4 Å². The molecule has 0 radical (unpaired) electrons. The topological polar surface area (TPSA) is 0 Å². The van der Waals surface area contributed by atoms with Gasteiger partial charge in [-0.3, -0.25) is 0 Å². The standard InChI is InChI=1S/C10H13Se.BF4/c1-3-9-11(2)10-7-5-4-6-8-10;2-1(3,4)5/h3-9H,1-2H3;/q+1;-1/b9-3+;. The zero-order valence-electron chi connectivity index (χ0n) is 9.04. The number of allylic oxidation sites excluding steroid dienone is 1. The van der Waals surface area contributed by atoms with Crippen molar-refractivity contribution in [3.63, 3.8) is 0 Å². The minimum atomic E-state index is -6.00. The van der Waals surface area contributed by atoms with Crippen molar-refractivity contribution in [1.82, 2.24) is 0 Å². The van der Waals surface area contributed by atoms with Gasteiger partial charge in [-0.05, 0) is 0 Å². The average molecular weight is 299 g/mol. The van der Waals surface area contributed by atoms with Crippen LogP contribution in [0.5, 0.6) is 0 Å². The van der Waals surface area contributed by atoms with Crippen LogP contribution in [0, 0.1) is 0 Å². The zero-order valence-corrected chi connectivity index (χ0v) is 10.8. The smallest absolute Gasteiger partial charge is 0.418 e. The molecule has 1 aromatic rings. The summed E-state index contributed by atoms with van der Waals surface area (Å²) in [6, 6.07) is 10.7. The first-order valence-corrected chi connectivity index (χ1v) is 8.10. The number of rotatable bonds is 2. The van der Waals surface area contributed by atoms with Gasteiger partial charge in [0.05, 0.1) is 0 Å². The fraction of sp³-hybridized carbons (Fsp3) is 0.200. The summed E-state index contributed by atoms with van der Waals surface area (Å²) >= 11 is -0.613. The fourth-order valence-corrected chi connectivity index (χ4v) is 3.33. The third kappa shape index (κ3) is 9.81. The van der Waals surface area contributed by atoms with Crippen LogP contribution in [0.4, 0.5) is 17.3 Å². The largest absolute Gasteiger partial charge is 0.673 e. The van der Waals surface area contributed by atoms with Gasteiger partial charge in [0.25, 0.3) is 0 Å². The van der Waals surface area contributed by atoms with Gasteiger partial charge in [0, 0.05) is 0 Å². The van der Waals surface area contributed by atoms with E-state index in [-0.39, 0.29) is 0 Å². The molecule has 1 rings (SSSR count). The average Bonchev–Trinajstić information content (AvgIpc) is 2.17. The molecule has 0 aromatic heterocycles. The van der Waals surface area contributed by atoms with Crippen LogP contribution in [-0.2, 0) is 0 Å². The third-order valence-corrected chi connectivity index (χ3v) is 5.01. The van der Waals surface area contributed by atoms with Crippen LogP contribution < -0.4 is 4.46 Å². The van der Waals surface area contributed by atoms with E-state index < -0.39 is 21.2 Å². The van der Waals surface area contributed by atoms with Crippen molar-refractivity contribution in [2.45, 2.75) is 12.7 Å². The van der Waals surface area contributed by atoms with Crippen molar-refractivity contribution in [3.05, 3.63) is 41.4 Å². The predicted octanol–water partition coefficient (Wildman–Crippen LogP) is 3.43. The van der Waals surface area contributed by atoms with E-state index in [9.17, 15) is 17.3 Å². The first-order chi connectivity index (χ1) is 7.34. The van der Waals surface area contributed by atoms with Crippen LogP contribution in [-0.4, -0.2) is 21.2 Å². The molecular formula is C10H13BF4Se. The summed E-state index contributed by atoms with van der Waals surface area (Å²) in [6.07, 6.45) is 2.15. The van der Waals surface area contributed by atoms with E-state index in [1.165, 1.54) is 4.46 Å². The van der Waals surface area contributed by atoms with Gasteiger partial charge in [-0.1, -0.05) is 0 Å². The summed E-state index contributed by atoms with van der Waals surface area (Å²) in [4.78, 5) is 2.33. The first-order valence-electron chi connectivity index (χ1n) is 4.54. The Morgan fingerprint density at radius 2 is 1.50 bits per heavy atom. The summed E-state index contributed by atoms with van der Waals surface area (Å²) in [5.74, 6) is 2.33. The molecule has 0 nitrogen and oxygen atoms in total. The molecule has 0 aliphatic heterocycles. The van der Waals surface area contributed by atoms with E-state index in [0.717, 1.165) is 0 Å². The van der Waals surface area contributed by atoms with Crippen LogP contribution in [0.3, 0.4) is 0 Å². The SMILES string of the molecule is C/C=C/[Se+](C)c1ccccc1.F[B-](F)(F)F. The molecule has 0 amide bonds. The maximum absolute atomic E-state index is 9.75. The second-order valence-electron chi connectivity index (χ2n) is 2.84. The van der Waals surface area contributed by atoms with Gasteiger partial charge in [-0.25, -0.2) is 0 Å². The Morgan fingerprint density at radius 1 is 1.06 bits per heavy atom. The Morgan fingerprint density at radius 3 is 1.88 bits per heavy atom. The molecule has 0 saturated carbocycles. The van der Waals surface area contributed by atoms with E-state index in [4.69, 9.17) is 0 Å². The van der Waals surface area contributed by atoms with Gasteiger partial charge in [0.15, 0.2) is 0 Å². The van der Waals surface area contributed by atoms with Crippen molar-refractivity contribution >= 4 is 25.6 Å². The summed E-state index contributed by atoms with van der Waals surface area (Å²) in [7, 11) is -6.00. The fourth-order valence-electron chi connectivity index (χ4n) is 0.918. The van der Waals surface area contributed by atoms with Crippen LogP contribution in [0.2, 0.25) is 5.82 Å². The molecule has 0 heterocycles. The van der Waals surface area contributed by atoms with Crippen molar-refractivity contribution in [2.24, 2.45) is 0 Å². The quantitative estimate of drug-likeness (QED) is 0.580. The van der Waals surface area contributed by atoms with E-state index in [1.807, 2.05) is 0 Å². The second-order valence-corrected chi connectivity index (χ2v) is 6.74. The molecule has 0 aliphatic rings. The van der Waals surface area contributed by atoms with Crippen LogP contribution in [0.1, 0.15) is 6.92 Å². The van der Waals surface area contributed by atoms with E-state index in [2.05, 4.69) is 54.1 Å². The van der Waals surface area contributed by atoms with Crippen molar-refractivity contribution in [1.29, 1.82) is 0 Å². The molecule has 0 bridgehead atoms. The molecule has 1 aromatic carbocycles. The number of halogens is 4. The molecule has 16 heavy (non-hydrogen) atoms. The molecule has 1 atom stereocenters. The van der Waals surface area contributed by atoms with Gasteiger partial charge < -0.3 is 17.3 Å². The Kier molecular flexibility index (Phi) is 7.18. The Labute approximate surface area is 97.4 Å². The maximum atomic E-state index is 9.75. The molecule has 0 aliphatic carbocycles. The van der Waals surface area contributed by atoms with Crippen molar-refractivity contribution in [3.8, 4) is 0 Å². The van der Waals surface area contributed by atoms with Gasteiger partial charge in [0.2, 0.25) is 0 Å². The van der Waals surface area contributed by atoms with Crippen molar-refractivity contribution in [2.75, 3.05) is 0 Å². The second kappa shape index (κ2) is 7.52. The van der Waals surface area contributed by atoms with Crippen molar-refractivity contribution < 1.29 is 17.3 Å². The number of hydrogen-bond donors (Lipinski definition) is 0. The Bertz CT molecular complexity index is 304. The summed E-state index contributed by atoms with van der Waals surface area (Å²) in [5.41, 5.74) is 0. The molecule has 0 fully saturated rings. The minimum Gasteiger partial charge on any atom is -0.418 e. The summed E-state index contributed by atoms with van der Waals surface area (Å²) in [5, 5.41) is 0. The van der Waals surface area contributed by atoms with Gasteiger partial charge in [-0.15, -0.1) is 0 Å². The molecule has 1 unspecified atom stereocenters. The predicted molar refractivity (Wildman–Crippen MR) is 62.7 cm³/mol. The number of hydrogen-bond acceptors (Lipinski definition) is 0. The van der Waals surface area contributed by atoms with Gasteiger partial charge >= 0.3 is 79.7 Å². The molecular weight excluding hydrogens is 286 g/mol. The van der Waals surface area contributed by atoms with E-state index >= 15 is 0 Å². The monoisotopic (exact) mass is 300 g/mol. The minimum absolute atomic E-state index is 0.613. The molecule has 0 saturated heterocycles. The summed E-state index contributed by atoms with van der Waals surface area (Å²) < 4.78 is 40.5. The number of benzene rings is 1. The molecule has 90 valence electrons. The maximum Gasteiger partial charge on any atom is 0.673 e. The normalized spacial score (nSPS) is 13.1. The zero-order chi connectivity index (χ0) is 12.6. The van der Waals surface area contributed by atoms with Crippen LogP contribution in [0.25, 0.3) is 0 Å². The van der Waals surface area contributed by atoms with E-state index in [0.29, 0.717) is 0 Å². The van der Waals surface area contributed by atoms with E-state index in [1.54, 1.807) is 0 Å². The van der Waals surface area contributed by atoms with Crippen LogP contribution >= 0.6 is 0 Å². The third-order valence-electron chi connectivity index (χ3n) is 1.46. The molecule has 0 N–H and O–H groups in total. The van der Waals surface area contributed by atoms with Gasteiger partial charge in [0.1, 0.15) is 0 Å². The van der Waals surface area contributed by atoms with Gasteiger partial charge in [-0.2, -0.15) is 0 Å². The molecule has 6 heteroatoms. The Balaban J connectivity index is 0.000000385. The molecule has 0 spiro atoms.